The van der Waals surface area contributed by atoms with Gasteiger partial charge in [0, 0.05) is 16.4 Å². The molecule has 7 heteroatoms. The highest BCUT2D eigenvalue weighted by Crippen LogP contribution is 2.49. The fraction of sp³-hybridized carbons (Fsp3) is 0.385. The van der Waals surface area contributed by atoms with Gasteiger partial charge in [-0.3, -0.25) is 4.79 Å². The Morgan fingerprint density at radius 3 is 2.85 bits per heavy atom. The molecule has 1 fully saturated rings. The Morgan fingerprint density at radius 2 is 2.20 bits per heavy atom. The highest BCUT2D eigenvalue weighted by atomic mass is 79.9. The van der Waals surface area contributed by atoms with Gasteiger partial charge in [-0.05, 0) is 34.9 Å². The summed E-state index contributed by atoms with van der Waals surface area (Å²) in [6.07, 6.45) is 3.63. The van der Waals surface area contributed by atoms with Gasteiger partial charge >= 0.3 is 0 Å². The van der Waals surface area contributed by atoms with Crippen molar-refractivity contribution in [1.29, 1.82) is 0 Å². The van der Waals surface area contributed by atoms with Gasteiger partial charge in [0.25, 0.3) is 0 Å². The first-order chi connectivity index (χ1) is 9.70. The van der Waals surface area contributed by atoms with Crippen LogP contribution in [0.3, 0.4) is 0 Å². The van der Waals surface area contributed by atoms with Crippen LogP contribution in [-0.2, 0) is 16.8 Å². The number of tetrazole rings is 1. The Morgan fingerprint density at radius 1 is 1.40 bits per heavy atom. The summed E-state index contributed by atoms with van der Waals surface area (Å²) in [4.78, 5) is 11.9. The smallest absolute Gasteiger partial charge is 0.241 e. The lowest BCUT2D eigenvalue weighted by Gasteiger charge is -2.18. The maximum atomic E-state index is 11.9. The molecule has 1 aromatic carbocycles. The van der Waals surface area contributed by atoms with E-state index >= 15 is 0 Å². The number of carbonyl (C=O) groups excluding carboxylic acids is 1. The third-order valence-corrected chi connectivity index (χ3v) is 4.31. The van der Waals surface area contributed by atoms with Gasteiger partial charge in [-0.2, -0.15) is 0 Å². The molecule has 1 aliphatic carbocycles. The van der Waals surface area contributed by atoms with Gasteiger partial charge in [0.2, 0.25) is 5.91 Å². The molecule has 3 rings (SSSR count). The minimum atomic E-state index is -0.0735. The van der Waals surface area contributed by atoms with Gasteiger partial charge in [0.15, 0.2) is 0 Å². The van der Waals surface area contributed by atoms with Crippen molar-refractivity contribution in [3.8, 4) is 0 Å². The van der Waals surface area contributed by atoms with Crippen molar-refractivity contribution in [3.05, 3.63) is 40.6 Å². The summed E-state index contributed by atoms with van der Waals surface area (Å²) in [6, 6.07) is 8.19. The summed E-state index contributed by atoms with van der Waals surface area (Å²) in [5.41, 5.74) is 1.35. The predicted octanol–water partition coefficient (Wildman–Crippen LogP) is 1.28. The molecule has 6 nitrogen and oxygen atoms in total. The number of nitrogens with one attached hydrogen (secondary N) is 1. The van der Waals surface area contributed by atoms with E-state index in [0.29, 0.717) is 6.54 Å². The lowest BCUT2D eigenvalue weighted by atomic mass is 9.96. The van der Waals surface area contributed by atoms with Crippen molar-refractivity contribution in [2.24, 2.45) is 0 Å². The van der Waals surface area contributed by atoms with E-state index < -0.39 is 0 Å². The second-order valence-corrected chi connectivity index (χ2v) is 5.90. The Bertz CT molecular complexity index is 609. The number of benzene rings is 1. The number of nitrogens with zero attached hydrogens (tertiary/aromatic N) is 4. The average Bonchev–Trinajstić information content (AvgIpc) is 3.06. The van der Waals surface area contributed by atoms with Gasteiger partial charge in [-0.25, -0.2) is 4.68 Å². The monoisotopic (exact) mass is 335 g/mol. The van der Waals surface area contributed by atoms with Crippen LogP contribution in [-0.4, -0.2) is 32.7 Å². The summed E-state index contributed by atoms with van der Waals surface area (Å²) in [7, 11) is 0. The third kappa shape index (κ3) is 2.72. The van der Waals surface area contributed by atoms with E-state index in [1.165, 1.54) is 16.6 Å². The van der Waals surface area contributed by atoms with Crippen molar-refractivity contribution in [1.82, 2.24) is 25.5 Å². The van der Waals surface area contributed by atoms with Crippen LogP contribution in [0.2, 0.25) is 0 Å². The molecule has 1 N–H and O–H groups in total. The van der Waals surface area contributed by atoms with Crippen LogP contribution in [0.15, 0.2) is 35.1 Å². The number of hydrogen-bond acceptors (Lipinski definition) is 4. The third-order valence-electron chi connectivity index (χ3n) is 3.62. The van der Waals surface area contributed by atoms with E-state index in [9.17, 15) is 4.79 Å². The van der Waals surface area contributed by atoms with E-state index in [0.717, 1.165) is 17.3 Å². The molecule has 0 spiro atoms. The highest BCUT2D eigenvalue weighted by molar-refractivity contribution is 9.10. The molecule has 1 amide bonds. The van der Waals surface area contributed by atoms with Crippen molar-refractivity contribution < 1.29 is 4.79 Å². The number of aromatic nitrogens is 4. The maximum absolute atomic E-state index is 11.9. The number of hydrogen-bond donors (Lipinski definition) is 1. The van der Waals surface area contributed by atoms with Gasteiger partial charge in [-0.1, -0.05) is 34.1 Å². The second-order valence-electron chi connectivity index (χ2n) is 5.04. The zero-order valence-corrected chi connectivity index (χ0v) is 12.4. The molecule has 0 saturated heterocycles. The molecular formula is C13H14BrN5O. The minimum Gasteiger partial charge on any atom is -0.354 e. The number of halogens is 1. The van der Waals surface area contributed by atoms with Crippen LogP contribution >= 0.6 is 15.9 Å². The molecule has 0 atom stereocenters. The van der Waals surface area contributed by atoms with Crippen molar-refractivity contribution >= 4 is 21.8 Å². The largest absolute Gasteiger partial charge is 0.354 e. The fourth-order valence-corrected chi connectivity index (χ4v) is 3.01. The van der Waals surface area contributed by atoms with Crippen molar-refractivity contribution in [2.45, 2.75) is 24.8 Å². The standard InChI is InChI=1S/C13H14BrN5O/c14-11-4-2-1-3-10(11)13(5-6-13)8-15-12(20)7-19-9-16-17-18-19/h1-4,9H,5-8H2,(H,15,20). The van der Waals surface area contributed by atoms with Gasteiger partial charge in [0.1, 0.15) is 12.9 Å². The maximum Gasteiger partial charge on any atom is 0.241 e. The van der Waals surface area contributed by atoms with E-state index in [1.807, 2.05) is 18.2 Å². The van der Waals surface area contributed by atoms with E-state index in [-0.39, 0.29) is 17.9 Å². The molecule has 2 aromatic rings. The number of amides is 1. The normalized spacial score (nSPS) is 15.8. The topological polar surface area (TPSA) is 72.7 Å². The molecule has 0 bridgehead atoms. The molecule has 0 aliphatic heterocycles. The molecule has 0 unspecified atom stereocenters. The van der Waals surface area contributed by atoms with Crippen LogP contribution < -0.4 is 5.32 Å². The van der Waals surface area contributed by atoms with Crippen LogP contribution in [0.5, 0.6) is 0 Å². The van der Waals surface area contributed by atoms with Crippen LogP contribution in [0.1, 0.15) is 18.4 Å². The quantitative estimate of drug-likeness (QED) is 0.893. The second kappa shape index (κ2) is 5.32. The lowest BCUT2D eigenvalue weighted by Crippen LogP contribution is -2.34. The van der Waals surface area contributed by atoms with Gasteiger partial charge < -0.3 is 5.32 Å². The van der Waals surface area contributed by atoms with Crippen LogP contribution in [0.25, 0.3) is 0 Å². The Hall–Kier alpha value is -1.76. The molecule has 20 heavy (non-hydrogen) atoms. The minimum absolute atomic E-state index is 0.0735. The first kappa shape index (κ1) is 13.2. The molecule has 1 saturated carbocycles. The van der Waals surface area contributed by atoms with Crippen LogP contribution in [0.4, 0.5) is 0 Å². The molecule has 0 radical (unpaired) electrons. The number of carbonyl (C=O) groups is 1. The summed E-state index contributed by atoms with van der Waals surface area (Å²) < 4.78 is 2.51. The average molecular weight is 336 g/mol. The van der Waals surface area contributed by atoms with Gasteiger partial charge in [-0.15, -0.1) is 5.10 Å². The summed E-state index contributed by atoms with van der Waals surface area (Å²) in [5.74, 6) is -0.0735. The fourth-order valence-electron chi connectivity index (χ4n) is 2.31. The Balaban J connectivity index is 1.61. The molecule has 104 valence electrons. The van der Waals surface area contributed by atoms with E-state index in [2.05, 4.69) is 42.8 Å². The van der Waals surface area contributed by atoms with Crippen LogP contribution in [0, 0.1) is 0 Å². The summed E-state index contributed by atoms with van der Waals surface area (Å²) >= 11 is 3.58. The lowest BCUT2D eigenvalue weighted by molar-refractivity contribution is -0.122. The predicted molar refractivity (Wildman–Crippen MR) is 75.9 cm³/mol. The molecule has 1 aromatic heterocycles. The Labute approximate surface area is 124 Å². The number of rotatable bonds is 5. The molecule has 1 aliphatic rings. The van der Waals surface area contributed by atoms with E-state index in [4.69, 9.17) is 0 Å². The summed E-state index contributed by atoms with van der Waals surface area (Å²) in [5, 5.41) is 13.7. The molecule has 1 heterocycles. The SMILES string of the molecule is O=C(Cn1cnnn1)NCC1(c2ccccc2Br)CC1. The van der Waals surface area contributed by atoms with Gasteiger partial charge in [0.05, 0.1) is 0 Å². The first-order valence-electron chi connectivity index (χ1n) is 6.42. The molecular weight excluding hydrogens is 322 g/mol. The zero-order chi connectivity index (χ0) is 14.0. The van der Waals surface area contributed by atoms with E-state index in [1.54, 1.807) is 0 Å². The summed E-state index contributed by atoms with van der Waals surface area (Å²) in [6.45, 7) is 0.801. The Kier molecular flexibility index (Phi) is 3.52. The first-order valence-corrected chi connectivity index (χ1v) is 7.21. The van der Waals surface area contributed by atoms with Crippen molar-refractivity contribution in [3.63, 3.8) is 0 Å². The highest BCUT2D eigenvalue weighted by Gasteiger charge is 2.45. The van der Waals surface area contributed by atoms with Crippen molar-refractivity contribution in [2.75, 3.05) is 6.54 Å². The zero-order valence-electron chi connectivity index (χ0n) is 10.8.